The van der Waals surface area contributed by atoms with Crippen molar-refractivity contribution in [3.8, 4) is 0 Å². The minimum absolute atomic E-state index is 0.0810. The third-order valence-electron chi connectivity index (χ3n) is 0.895. The summed E-state index contributed by atoms with van der Waals surface area (Å²) in [5.74, 6) is 0.0810. The molecule has 0 bridgehead atoms. The van der Waals surface area contributed by atoms with Gasteiger partial charge in [0.1, 0.15) is 0 Å². The van der Waals surface area contributed by atoms with E-state index in [0.717, 1.165) is 0 Å². The normalized spacial score (nSPS) is 18.6. The van der Waals surface area contributed by atoms with Crippen molar-refractivity contribution in [2.45, 2.75) is 6.42 Å². The molecule has 0 aromatic rings. The van der Waals surface area contributed by atoms with Gasteiger partial charge < -0.3 is 0 Å². The van der Waals surface area contributed by atoms with E-state index in [4.69, 9.17) is 11.6 Å². The molecule has 0 amide bonds. The van der Waals surface area contributed by atoms with Gasteiger partial charge in [-0.25, -0.2) is 0 Å². The third kappa shape index (κ3) is 1.20. The Balaban J connectivity index is 2.77. The average Bonchev–Trinajstić information content (AvgIpc) is 1.64. The molecule has 8 heavy (non-hydrogen) atoms. The van der Waals surface area contributed by atoms with Gasteiger partial charge in [0.2, 0.25) is 0 Å². The van der Waals surface area contributed by atoms with Gasteiger partial charge in [-0.2, -0.15) is 0 Å². The Hall–Kier alpha value is -0.560. The zero-order chi connectivity index (χ0) is 5.98. The highest BCUT2D eigenvalue weighted by Gasteiger charge is 1.99. The van der Waals surface area contributed by atoms with E-state index >= 15 is 0 Å². The van der Waals surface area contributed by atoms with Crippen LogP contribution in [-0.2, 0) is 4.79 Å². The fourth-order valence-corrected chi connectivity index (χ4v) is 0.759. The summed E-state index contributed by atoms with van der Waals surface area (Å²) in [6.07, 6.45) is 5.41. The van der Waals surface area contributed by atoms with Gasteiger partial charge in [0.05, 0.1) is 0 Å². The zero-order valence-corrected chi connectivity index (χ0v) is 4.98. The summed E-state index contributed by atoms with van der Waals surface area (Å²) in [5, 5.41) is 0.529. The molecular weight excluding hydrogens is 124 g/mol. The van der Waals surface area contributed by atoms with Gasteiger partial charge in [0, 0.05) is 17.5 Å². The first kappa shape index (κ1) is 5.57. The summed E-state index contributed by atoms with van der Waals surface area (Å²) in [6, 6.07) is 0. The van der Waals surface area contributed by atoms with Crippen LogP contribution in [0.1, 0.15) is 6.42 Å². The van der Waals surface area contributed by atoms with E-state index in [1.807, 2.05) is 0 Å². The molecule has 1 aliphatic carbocycles. The van der Waals surface area contributed by atoms with Gasteiger partial charge in [0.25, 0.3) is 0 Å². The molecule has 0 fully saturated rings. The quantitative estimate of drug-likeness (QED) is 0.485. The highest BCUT2D eigenvalue weighted by molar-refractivity contribution is 6.33. The predicted octanol–water partition coefficient (Wildman–Crippen LogP) is 1.64. The van der Waals surface area contributed by atoms with Crippen molar-refractivity contribution in [1.82, 2.24) is 0 Å². The Kier molecular flexibility index (Phi) is 1.49. The lowest BCUT2D eigenvalue weighted by Gasteiger charge is -1.94. The second-order valence-electron chi connectivity index (χ2n) is 1.60. The number of carbonyl (C=O) groups excluding carboxylic acids is 1. The number of hydrogen-bond donors (Lipinski definition) is 0. The van der Waals surface area contributed by atoms with Crippen molar-refractivity contribution in [1.29, 1.82) is 0 Å². The molecule has 0 aromatic heterocycles. The standard InChI is InChI=1S/C6H5ClO/c7-5-2-1-3-6(8)4-5/h1-2,4H,3H2. The maximum Gasteiger partial charge on any atom is 0.160 e. The lowest BCUT2D eigenvalue weighted by Crippen LogP contribution is -1.93. The molecule has 0 atom stereocenters. The Labute approximate surface area is 52.6 Å². The topological polar surface area (TPSA) is 17.1 Å². The van der Waals surface area contributed by atoms with Gasteiger partial charge in [-0.3, -0.25) is 4.79 Å². The van der Waals surface area contributed by atoms with Crippen LogP contribution in [0.4, 0.5) is 0 Å². The van der Waals surface area contributed by atoms with Crippen LogP contribution in [0.25, 0.3) is 0 Å². The van der Waals surface area contributed by atoms with Crippen LogP contribution >= 0.6 is 11.6 Å². The zero-order valence-electron chi connectivity index (χ0n) is 4.23. The van der Waals surface area contributed by atoms with Crippen molar-refractivity contribution in [2.75, 3.05) is 0 Å². The SMILES string of the molecule is O=C1C=C(Cl)C=CC1. The van der Waals surface area contributed by atoms with Crippen LogP contribution < -0.4 is 0 Å². The number of carbonyl (C=O) groups is 1. The van der Waals surface area contributed by atoms with Crippen LogP contribution in [0.2, 0.25) is 0 Å². The van der Waals surface area contributed by atoms with Crippen LogP contribution in [0.3, 0.4) is 0 Å². The van der Waals surface area contributed by atoms with Crippen molar-refractivity contribution in [3.05, 3.63) is 23.3 Å². The molecule has 0 spiro atoms. The van der Waals surface area contributed by atoms with Gasteiger partial charge >= 0.3 is 0 Å². The molecule has 2 heteroatoms. The van der Waals surface area contributed by atoms with Crippen molar-refractivity contribution >= 4 is 17.4 Å². The summed E-state index contributed by atoms with van der Waals surface area (Å²) in [4.78, 5) is 10.5. The lowest BCUT2D eigenvalue weighted by atomic mass is 10.2. The minimum Gasteiger partial charge on any atom is -0.294 e. The van der Waals surface area contributed by atoms with Crippen molar-refractivity contribution in [2.24, 2.45) is 0 Å². The molecule has 42 valence electrons. The highest BCUT2D eigenvalue weighted by atomic mass is 35.5. The lowest BCUT2D eigenvalue weighted by molar-refractivity contribution is -0.113. The Morgan fingerprint density at radius 2 is 2.38 bits per heavy atom. The molecule has 0 saturated carbocycles. The Morgan fingerprint density at radius 3 is 2.75 bits per heavy atom. The number of rotatable bonds is 0. The maximum atomic E-state index is 10.5. The monoisotopic (exact) mass is 128 g/mol. The molecule has 0 heterocycles. The van der Waals surface area contributed by atoms with Crippen LogP contribution in [-0.4, -0.2) is 5.78 Å². The van der Waals surface area contributed by atoms with Gasteiger partial charge in [-0.15, -0.1) is 0 Å². The summed E-state index contributed by atoms with van der Waals surface area (Å²) in [7, 11) is 0. The molecule has 0 radical (unpaired) electrons. The van der Waals surface area contributed by atoms with E-state index in [1.165, 1.54) is 6.08 Å². The Morgan fingerprint density at radius 1 is 1.62 bits per heavy atom. The smallest absolute Gasteiger partial charge is 0.160 e. The van der Waals surface area contributed by atoms with Gasteiger partial charge in [-0.05, 0) is 6.08 Å². The molecule has 1 rings (SSSR count). The molecule has 0 unspecified atom stereocenters. The summed E-state index contributed by atoms with van der Waals surface area (Å²) in [6.45, 7) is 0. The van der Waals surface area contributed by atoms with E-state index in [2.05, 4.69) is 0 Å². The predicted molar refractivity (Wildman–Crippen MR) is 32.7 cm³/mol. The molecule has 1 aliphatic rings. The largest absolute Gasteiger partial charge is 0.294 e. The van der Waals surface area contributed by atoms with E-state index in [-0.39, 0.29) is 5.78 Å². The van der Waals surface area contributed by atoms with E-state index in [9.17, 15) is 4.79 Å². The number of halogens is 1. The minimum atomic E-state index is 0.0810. The molecule has 0 N–H and O–H groups in total. The second-order valence-corrected chi connectivity index (χ2v) is 2.04. The van der Waals surface area contributed by atoms with Crippen LogP contribution in [0.15, 0.2) is 23.3 Å². The van der Waals surface area contributed by atoms with Crippen molar-refractivity contribution in [3.63, 3.8) is 0 Å². The first-order chi connectivity index (χ1) is 3.79. The van der Waals surface area contributed by atoms with Crippen LogP contribution in [0.5, 0.6) is 0 Å². The molecule has 0 aliphatic heterocycles. The Bertz CT molecular complexity index is 167. The molecular formula is C6H5ClO. The summed E-state index contributed by atoms with van der Waals surface area (Å²) in [5.41, 5.74) is 0. The van der Waals surface area contributed by atoms with E-state index in [1.54, 1.807) is 12.2 Å². The first-order valence-corrected chi connectivity index (χ1v) is 2.73. The maximum absolute atomic E-state index is 10.5. The second kappa shape index (κ2) is 2.14. The number of ketones is 1. The van der Waals surface area contributed by atoms with E-state index < -0.39 is 0 Å². The molecule has 1 nitrogen and oxygen atoms in total. The van der Waals surface area contributed by atoms with Crippen molar-refractivity contribution < 1.29 is 4.79 Å². The van der Waals surface area contributed by atoms with Gasteiger partial charge in [-0.1, -0.05) is 17.7 Å². The fourth-order valence-electron chi connectivity index (χ4n) is 0.548. The van der Waals surface area contributed by atoms with Crippen LogP contribution in [0, 0.1) is 0 Å². The summed E-state index contributed by atoms with van der Waals surface area (Å²) < 4.78 is 0. The average molecular weight is 129 g/mol. The fraction of sp³-hybridized carbons (Fsp3) is 0.167. The summed E-state index contributed by atoms with van der Waals surface area (Å²) >= 11 is 5.46. The first-order valence-electron chi connectivity index (χ1n) is 2.35. The van der Waals surface area contributed by atoms with E-state index in [0.29, 0.717) is 11.5 Å². The molecule has 0 aromatic carbocycles. The third-order valence-corrected chi connectivity index (χ3v) is 1.13. The number of hydrogen-bond acceptors (Lipinski definition) is 1. The van der Waals surface area contributed by atoms with Gasteiger partial charge in [0.15, 0.2) is 5.78 Å². The highest BCUT2D eigenvalue weighted by Crippen LogP contribution is 2.09. The molecule has 0 saturated heterocycles. The number of allylic oxidation sites excluding steroid dienone is 4.